The molecule has 0 fully saturated rings. The van der Waals surface area contributed by atoms with Crippen LogP contribution in [0.4, 0.5) is 5.69 Å². The van der Waals surface area contributed by atoms with Gasteiger partial charge in [0.2, 0.25) is 0 Å². The number of rotatable bonds is 9. The molecule has 0 aromatic heterocycles. The van der Waals surface area contributed by atoms with Crippen LogP contribution in [0.2, 0.25) is 0 Å². The Balaban J connectivity index is 2.57. The number of nitro groups is 1. The van der Waals surface area contributed by atoms with Gasteiger partial charge >= 0.3 is 5.97 Å². The maximum Gasteiger partial charge on any atom is 0.342 e. The zero-order valence-electron chi connectivity index (χ0n) is 10.9. The number of benzene rings is 1. The molecule has 1 aromatic rings. The van der Waals surface area contributed by atoms with Crippen LogP contribution < -0.4 is 4.74 Å². The van der Waals surface area contributed by atoms with E-state index in [-0.39, 0.29) is 12.2 Å². The summed E-state index contributed by atoms with van der Waals surface area (Å²) in [6, 6.07) is 3.68. The minimum Gasteiger partial charge on any atom is -0.494 e. The molecule has 2 N–H and O–H groups in total. The van der Waals surface area contributed by atoms with Crippen LogP contribution in [-0.4, -0.2) is 34.3 Å². The van der Waals surface area contributed by atoms with Crippen LogP contribution in [0, 0.1) is 10.1 Å². The lowest BCUT2D eigenvalue weighted by atomic mass is 10.1. The molecule has 0 aliphatic carbocycles. The second-order valence-corrected chi connectivity index (χ2v) is 4.23. The number of unbranched alkanes of at least 4 members (excludes halogenated alkanes) is 3. The van der Waals surface area contributed by atoms with Crippen molar-refractivity contribution in [2.24, 2.45) is 0 Å². The summed E-state index contributed by atoms with van der Waals surface area (Å²) < 4.78 is 5.36. The fourth-order valence-corrected chi connectivity index (χ4v) is 1.69. The molecule has 1 aromatic carbocycles. The number of hydrogen-bond donors (Lipinski definition) is 2. The Labute approximate surface area is 116 Å². The molecule has 0 atom stereocenters. The molecule has 0 spiro atoms. The van der Waals surface area contributed by atoms with Gasteiger partial charge in [0.05, 0.1) is 11.5 Å². The smallest absolute Gasteiger partial charge is 0.342 e. The Morgan fingerprint density at radius 1 is 1.25 bits per heavy atom. The van der Waals surface area contributed by atoms with Gasteiger partial charge < -0.3 is 14.9 Å². The topological polar surface area (TPSA) is 110 Å². The van der Waals surface area contributed by atoms with Crippen LogP contribution in [0.15, 0.2) is 18.2 Å². The van der Waals surface area contributed by atoms with E-state index in [1.54, 1.807) is 0 Å². The van der Waals surface area contributed by atoms with E-state index >= 15 is 0 Å². The third-order valence-electron chi connectivity index (χ3n) is 2.72. The van der Waals surface area contributed by atoms with E-state index in [1.807, 2.05) is 0 Å². The first-order valence-corrected chi connectivity index (χ1v) is 6.31. The monoisotopic (exact) mass is 283 g/mol. The largest absolute Gasteiger partial charge is 0.494 e. The Bertz CT molecular complexity index is 474. The summed E-state index contributed by atoms with van der Waals surface area (Å²) in [6.45, 7) is 0.577. The van der Waals surface area contributed by atoms with E-state index in [2.05, 4.69) is 0 Å². The maximum absolute atomic E-state index is 10.9. The molecule has 0 saturated carbocycles. The highest BCUT2D eigenvalue weighted by Gasteiger charge is 2.20. The van der Waals surface area contributed by atoms with Crippen LogP contribution in [0.1, 0.15) is 36.0 Å². The number of aliphatic hydroxyl groups is 1. The number of carbonyl (C=O) groups is 1. The molecule has 0 heterocycles. The summed E-state index contributed by atoms with van der Waals surface area (Å²) in [4.78, 5) is 20.9. The molecule has 7 nitrogen and oxygen atoms in total. The van der Waals surface area contributed by atoms with Crippen LogP contribution in [0.5, 0.6) is 5.75 Å². The lowest BCUT2D eigenvalue weighted by molar-refractivity contribution is -0.385. The summed E-state index contributed by atoms with van der Waals surface area (Å²) in [7, 11) is 0. The molecule has 7 heteroatoms. The number of aliphatic hydroxyl groups excluding tert-OH is 1. The quantitative estimate of drug-likeness (QED) is 0.408. The van der Waals surface area contributed by atoms with E-state index in [4.69, 9.17) is 14.9 Å². The first kappa shape index (κ1) is 15.9. The maximum atomic E-state index is 10.9. The van der Waals surface area contributed by atoms with Crippen molar-refractivity contribution in [1.29, 1.82) is 0 Å². The number of nitrogens with zero attached hydrogens (tertiary/aromatic N) is 1. The number of carboxylic acids is 1. The average molecular weight is 283 g/mol. The van der Waals surface area contributed by atoms with E-state index in [0.29, 0.717) is 12.4 Å². The molecule has 20 heavy (non-hydrogen) atoms. The third kappa shape index (κ3) is 4.85. The van der Waals surface area contributed by atoms with Gasteiger partial charge in [-0.05, 0) is 25.3 Å². The van der Waals surface area contributed by atoms with Crippen LogP contribution in [0.25, 0.3) is 0 Å². The standard InChI is InChI=1S/C13H17NO6/c15-7-3-1-2-4-8-20-10-5-6-12(14(18)19)11(9-10)13(16)17/h5-6,9,15H,1-4,7-8H2,(H,16,17). The summed E-state index contributed by atoms with van der Waals surface area (Å²) in [5.41, 5.74) is -0.833. The third-order valence-corrected chi connectivity index (χ3v) is 2.72. The van der Waals surface area contributed by atoms with Crippen LogP contribution >= 0.6 is 0 Å². The van der Waals surface area contributed by atoms with Gasteiger partial charge in [-0.25, -0.2) is 4.79 Å². The second kappa shape index (κ2) is 8.11. The Hall–Kier alpha value is -2.15. The van der Waals surface area contributed by atoms with Crippen molar-refractivity contribution in [2.45, 2.75) is 25.7 Å². The highest BCUT2D eigenvalue weighted by molar-refractivity contribution is 5.92. The summed E-state index contributed by atoms with van der Waals surface area (Å²) in [6.07, 6.45) is 3.33. The van der Waals surface area contributed by atoms with Crippen molar-refractivity contribution in [2.75, 3.05) is 13.2 Å². The molecule has 0 saturated heterocycles. The highest BCUT2D eigenvalue weighted by atomic mass is 16.6. The summed E-state index contributed by atoms with van der Waals surface area (Å²) in [5, 5.41) is 28.2. The first-order chi connectivity index (χ1) is 9.56. The van der Waals surface area contributed by atoms with E-state index in [9.17, 15) is 14.9 Å². The molecule has 0 unspecified atom stereocenters. The van der Waals surface area contributed by atoms with Crippen LogP contribution in [-0.2, 0) is 0 Å². The van der Waals surface area contributed by atoms with Crippen molar-refractivity contribution in [3.05, 3.63) is 33.9 Å². The number of hydrogen-bond acceptors (Lipinski definition) is 5. The predicted octanol–water partition coefficient (Wildman–Crippen LogP) is 2.22. The van der Waals surface area contributed by atoms with Gasteiger partial charge in [-0.2, -0.15) is 0 Å². The molecule has 1 rings (SSSR count). The lowest BCUT2D eigenvalue weighted by Crippen LogP contribution is -2.04. The van der Waals surface area contributed by atoms with Gasteiger partial charge in [0.1, 0.15) is 11.3 Å². The zero-order chi connectivity index (χ0) is 15.0. The molecule has 0 aliphatic rings. The predicted molar refractivity (Wildman–Crippen MR) is 71.1 cm³/mol. The molecular weight excluding hydrogens is 266 g/mol. The summed E-state index contributed by atoms with van der Waals surface area (Å²) in [5.74, 6) is -1.06. The minimum atomic E-state index is -1.36. The Morgan fingerprint density at radius 3 is 2.55 bits per heavy atom. The van der Waals surface area contributed by atoms with Crippen molar-refractivity contribution in [3.8, 4) is 5.75 Å². The van der Waals surface area contributed by atoms with E-state index in [0.717, 1.165) is 37.8 Å². The number of nitro benzene ring substituents is 1. The van der Waals surface area contributed by atoms with E-state index in [1.165, 1.54) is 6.07 Å². The molecule has 0 bridgehead atoms. The van der Waals surface area contributed by atoms with Crippen LogP contribution in [0.3, 0.4) is 0 Å². The van der Waals surface area contributed by atoms with Gasteiger partial charge in [-0.15, -0.1) is 0 Å². The van der Waals surface area contributed by atoms with Gasteiger partial charge in [0, 0.05) is 18.7 Å². The highest BCUT2D eigenvalue weighted by Crippen LogP contribution is 2.24. The van der Waals surface area contributed by atoms with Crippen molar-refractivity contribution < 1.29 is 24.7 Å². The van der Waals surface area contributed by atoms with Gasteiger partial charge in [0.15, 0.2) is 0 Å². The van der Waals surface area contributed by atoms with Gasteiger partial charge in [-0.1, -0.05) is 6.42 Å². The van der Waals surface area contributed by atoms with Crippen molar-refractivity contribution in [1.82, 2.24) is 0 Å². The summed E-state index contributed by atoms with van der Waals surface area (Å²) >= 11 is 0. The molecule has 0 aliphatic heterocycles. The van der Waals surface area contributed by atoms with E-state index < -0.39 is 16.6 Å². The van der Waals surface area contributed by atoms with Gasteiger partial charge in [-0.3, -0.25) is 10.1 Å². The first-order valence-electron chi connectivity index (χ1n) is 6.31. The Kier molecular flexibility index (Phi) is 6.45. The Morgan fingerprint density at radius 2 is 1.95 bits per heavy atom. The fourth-order valence-electron chi connectivity index (χ4n) is 1.69. The lowest BCUT2D eigenvalue weighted by Gasteiger charge is -2.07. The molecular formula is C13H17NO6. The molecule has 0 amide bonds. The number of aromatic carboxylic acids is 1. The molecule has 110 valence electrons. The second-order valence-electron chi connectivity index (χ2n) is 4.23. The fraction of sp³-hybridized carbons (Fsp3) is 0.462. The number of carboxylic acid groups (broad SMARTS) is 1. The van der Waals surface area contributed by atoms with Crippen molar-refractivity contribution >= 4 is 11.7 Å². The normalized spacial score (nSPS) is 10.2. The minimum absolute atomic E-state index is 0.172. The van der Waals surface area contributed by atoms with Crippen molar-refractivity contribution in [3.63, 3.8) is 0 Å². The SMILES string of the molecule is O=C(O)c1cc(OCCCCCCO)ccc1[N+](=O)[O-]. The zero-order valence-corrected chi connectivity index (χ0v) is 10.9. The average Bonchev–Trinajstić information content (AvgIpc) is 2.42. The number of ether oxygens (including phenoxy) is 1. The molecule has 0 radical (unpaired) electrons. The van der Waals surface area contributed by atoms with Gasteiger partial charge in [0.25, 0.3) is 5.69 Å².